The number of carbonyl (C=O) groups excluding carboxylic acids is 1. The van der Waals surface area contributed by atoms with Crippen molar-refractivity contribution in [2.75, 3.05) is 0 Å². The molecule has 3 heteroatoms. The largest absolute Gasteiger partial charge is 0.519 e. The van der Waals surface area contributed by atoms with Crippen LogP contribution in [0.2, 0.25) is 18.1 Å². The lowest BCUT2D eigenvalue weighted by Crippen LogP contribution is -2.43. The van der Waals surface area contributed by atoms with Crippen LogP contribution >= 0.6 is 0 Å². The molecule has 106 valence electrons. The van der Waals surface area contributed by atoms with Crippen LogP contribution in [0.25, 0.3) is 0 Å². The maximum absolute atomic E-state index is 12.4. The van der Waals surface area contributed by atoms with Crippen LogP contribution in [0.15, 0.2) is 30.3 Å². The molecule has 0 aliphatic rings. The Morgan fingerprint density at radius 1 is 1.21 bits per heavy atom. The van der Waals surface area contributed by atoms with Crippen molar-refractivity contribution in [2.45, 2.75) is 58.2 Å². The standard InChI is InChI=1S/C16H26O2Si/c1-7-14(13-11-9-8-10-12-13)15(17)18-19(5,6)16(2,3)4/h8-12,14H,7H2,1-6H3. The highest BCUT2D eigenvalue weighted by Crippen LogP contribution is 2.37. The molecule has 0 bridgehead atoms. The Kier molecular flexibility index (Phi) is 4.96. The predicted octanol–water partition coefficient (Wildman–Crippen LogP) is 4.73. The zero-order valence-electron chi connectivity index (χ0n) is 13.0. The lowest BCUT2D eigenvalue weighted by molar-refractivity contribution is -0.137. The first-order valence-electron chi connectivity index (χ1n) is 6.97. The molecule has 0 heterocycles. The Balaban J connectivity index is 2.88. The molecule has 0 aliphatic carbocycles. The zero-order valence-corrected chi connectivity index (χ0v) is 14.0. The lowest BCUT2D eigenvalue weighted by Gasteiger charge is -2.36. The van der Waals surface area contributed by atoms with Crippen molar-refractivity contribution in [3.63, 3.8) is 0 Å². The van der Waals surface area contributed by atoms with Gasteiger partial charge in [0.05, 0.1) is 5.92 Å². The summed E-state index contributed by atoms with van der Waals surface area (Å²) in [5.41, 5.74) is 1.05. The molecule has 1 unspecified atom stereocenters. The van der Waals surface area contributed by atoms with Gasteiger partial charge in [-0.1, -0.05) is 58.0 Å². The van der Waals surface area contributed by atoms with Gasteiger partial charge in [0.2, 0.25) is 0 Å². The third-order valence-electron chi connectivity index (χ3n) is 4.06. The first-order chi connectivity index (χ1) is 8.69. The summed E-state index contributed by atoms with van der Waals surface area (Å²) in [6, 6.07) is 9.91. The summed E-state index contributed by atoms with van der Waals surface area (Å²) in [5.74, 6) is -0.212. The van der Waals surface area contributed by atoms with E-state index < -0.39 is 8.32 Å². The maximum atomic E-state index is 12.4. The topological polar surface area (TPSA) is 26.3 Å². The molecule has 0 saturated heterocycles. The SMILES string of the molecule is CCC(C(=O)O[Si](C)(C)C(C)(C)C)c1ccccc1. The van der Waals surface area contributed by atoms with Crippen LogP contribution in [0.4, 0.5) is 0 Å². The van der Waals surface area contributed by atoms with Crippen LogP contribution in [0.1, 0.15) is 45.6 Å². The Hall–Kier alpha value is -1.09. The highest BCUT2D eigenvalue weighted by atomic mass is 28.4. The normalized spacial score (nSPS) is 14.0. The molecule has 1 aromatic rings. The highest BCUT2D eigenvalue weighted by Gasteiger charge is 2.41. The monoisotopic (exact) mass is 278 g/mol. The van der Waals surface area contributed by atoms with E-state index >= 15 is 0 Å². The van der Waals surface area contributed by atoms with E-state index in [1.165, 1.54) is 0 Å². The summed E-state index contributed by atoms with van der Waals surface area (Å²) < 4.78 is 5.91. The Morgan fingerprint density at radius 2 is 1.74 bits per heavy atom. The summed E-state index contributed by atoms with van der Waals surface area (Å²) in [7, 11) is -2.03. The average Bonchev–Trinajstić information content (AvgIpc) is 2.29. The lowest BCUT2D eigenvalue weighted by atomic mass is 9.97. The van der Waals surface area contributed by atoms with E-state index in [2.05, 4.69) is 33.9 Å². The van der Waals surface area contributed by atoms with Gasteiger partial charge in [0.25, 0.3) is 14.3 Å². The first-order valence-corrected chi connectivity index (χ1v) is 9.87. The van der Waals surface area contributed by atoms with Crippen molar-refractivity contribution in [3.8, 4) is 0 Å². The summed E-state index contributed by atoms with van der Waals surface area (Å²) in [6.45, 7) is 12.7. The van der Waals surface area contributed by atoms with Crippen LogP contribution < -0.4 is 0 Å². The molecule has 0 N–H and O–H groups in total. The number of hydrogen-bond donors (Lipinski definition) is 0. The first kappa shape index (κ1) is 16.0. The van der Waals surface area contributed by atoms with Crippen LogP contribution in [-0.2, 0) is 9.22 Å². The molecule has 19 heavy (non-hydrogen) atoms. The number of rotatable bonds is 4. The van der Waals surface area contributed by atoms with Crippen molar-refractivity contribution in [1.29, 1.82) is 0 Å². The Morgan fingerprint density at radius 3 is 2.16 bits per heavy atom. The van der Waals surface area contributed by atoms with Crippen LogP contribution in [0, 0.1) is 0 Å². The van der Waals surface area contributed by atoms with E-state index in [-0.39, 0.29) is 16.9 Å². The van der Waals surface area contributed by atoms with Gasteiger partial charge >= 0.3 is 0 Å². The van der Waals surface area contributed by atoms with Gasteiger partial charge in [-0.25, -0.2) is 0 Å². The third kappa shape index (κ3) is 3.93. The quantitative estimate of drug-likeness (QED) is 0.744. The fourth-order valence-electron chi connectivity index (χ4n) is 1.70. The van der Waals surface area contributed by atoms with Crippen LogP contribution in [0.5, 0.6) is 0 Å². The molecule has 1 atom stereocenters. The Bertz CT molecular complexity index is 418. The van der Waals surface area contributed by atoms with Gasteiger partial charge in [0, 0.05) is 0 Å². The molecule has 0 aromatic heterocycles. The van der Waals surface area contributed by atoms with Gasteiger partial charge in [0.1, 0.15) is 0 Å². The fraction of sp³-hybridized carbons (Fsp3) is 0.562. The van der Waals surface area contributed by atoms with Gasteiger partial charge in [-0.05, 0) is 30.1 Å². The van der Waals surface area contributed by atoms with Gasteiger partial charge in [0.15, 0.2) is 0 Å². The van der Waals surface area contributed by atoms with Crippen molar-refractivity contribution in [3.05, 3.63) is 35.9 Å². The van der Waals surface area contributed by atoms with E-state index in [1.54, 1.807) is 0 Å². The molecule has 0 aliphatic heterocycles. The fourth-order valence-corrected chi connectivity index (χ4v) is 2.65. The minimum atomic E-state index is -2.03. The van der Waals surface area contributed by atoms with Gasteiger partial charge < -0.3 is 4.43 Å². The minimum absolute atomic E-state index is 0.0532. The molecule has 0 amide bonds. The molecule has 0 fully saturated rings. The highest BCUT2D eigenvalue weighted by molar-refractivity contribution is 6.75. The smallest absolute Gasteiger partial charge is 0.300 e. The summed E-state index contributed by atoms with van der Waals surface area (Å²) in [6.07, 6.45) is 0.775. The molecule has 1 rings (SSSR count). The van der Waals surface area contributed by atoms with Crippen molar-refractivity contribution < 1.29 is 9.22 Å². The minimum Gasteiger partial charge on any atom is -0.519 e. The van der Waals surface area contributed by atoms with E-state index in [1.807, 2.05) is 37.3 Å². The second-order valence-corrected chi connectivity index (χ2v) is 11.3. The van der Waals surface area contributed by atoms with Gasteiger partial charge in [-0.2, -0.15) is 0 Å². The number of carbonyl (C=O) groups is 1. The second kappa shape index (κ2) is 5.91. The van der Waals surface area contributed by atoms with Crippen molar-refractivity contribution in [2.24, 2.45) is 0 Å². The maximum Gasteiger partial charge on any atom is 0.300 e. The molecular weight excluding hydrogens is 252 g/mol. The van der Waals surface area contributed by atoms with Gasteiger partial charge in [-0.15, -0.1) is 0 Å². The summed E-state index contributed by atoms with van der Waals surface area (Å²) >= 11 is 0. The number of benzene rings is 1. The van der Waals surface area contributed by atoms with Crippen LogP contribution in [-0.4, -0.2) is 14.3 Å². The third-order valence-corrected chi connectivity index (χ3v) is 8.38. The molecule has 0 spiro atoms. The van der Waals surface area contributed by atoms with E-state index in [4.69, 9.17) is 4.43 Å². The average molecular weight is 278 g/mol. The Labute approximate surface area is 118 Å². The molecular formula is C16H26O2Si. The molecule has 0 saturated carbocycles. The molecule has 2 nitrogen and oxygen atoms in total. The van der Waals surface area contributed by atoms with E-state index in [9.17, 15) is 4.79 Å². The van der Waals surface area contributed by atoms with E-state index in [0.29, 0.717) is 0 Å². The van der Waals surface area contributed by atoms with Crippen molar-refractivity contribution >= 4 is 14.3 Å². The molecule has 0 radical (unpaired) electrons. The summed E-state index contributed by atoms with van der Waals surface area (Å²) in [5, 5.41) is 0.0532. The van der Waals surface area contributed by atoms with Gasteiger partial charge in [-0.3, -0.25) is 4.79 Å². The second-order valence-electron chi connectivity index (χ2n) is 6.55. The van der Waals surface area contributed by atoms with Crippen molar-refractivity contribution in [1.82, 2.24) is 0 Å². The predicted molar refractivity (Wildman–Crippen MR) is 82.8 cm³/mol. The van der Waals surface area contributed by atoms with Crippen LogP contribution in [0.3, 0.4) is 0 Å². The molecule has 1 aromatic carbocycles. The zero-order chi connectivity index (χ0) is 14.7. The summed E-state index contributed by atoms with van der Waals surface area (Å²) in [4.78, 5) is 12.4. The number of hydrogen-bond acceptors (Lipinski definition) is 2. The van der Waals surface area contributed by atoms with E-state index in [0.717, 1.165) is 12.0 Å².